The third-order valence-electron chi connectivity index (χ3n) is 4.03. The molecule has 0 aliphatic heterocycles. The van der Waals surface area contributed by atoms with Gasteiger partial charge in [0.25, 0.3) is 5.91 Å². The first-order valence-corrected chi connectivity index (χ1v) is 9.46. The summed E-state index contributed by atoms with van der Waals surface area (Å²) in [5.74, 6) is 1.82. The van der Waals surface area contributed by atoms with Gasteiger partial charge < -0.3 is 15.6 Å². The first-order chi connectivity index (χ1) is 12.5. The average Bonchev–Trinajstić information content (AvgIpc) is 3.15. The van der Waals surface area contributed by atoms with Crippen molar-refractivity contribution in [2.24, 2.45) is 0 Å². The van der Waals surface area contributed by atoms with Crippen LogP contribution in [0.1, 0.15) is 30.0 Å². The van der Waals surface area contributed by atoms with Crippen molar-refractivity contribution in [2.75, 3.05) is 18.0 Å². The van der Waals surface area contributed by atoms with Gasteiger partial charge in [-0.05, 0) is 26.8 Å². The van der Waals surface area contributed by atoms with Crippen LogP contribution in [0.2, 0.25) is 0 Å². The molecule has 0 aliphatic carbocycles. The Morgan fingerprint density at radius 1 is 1.27 bits per heavy atom. The monoisotopic (exact) mass is 374 g/mol. The minimum atomic E-state index is -0.183. The Hall–Kier alpha value is -2.62. The number of imidazole rings is 1. The number of anilines is 1. The number of nitrogens with two attached hydrogens (primary N) is 1. The second-order valence-electron chi connectivity index (χ2n) is 5.66. The van der Waals surface area contributed by atoms with Gasteiger partial charge in [0.05, 0.1) is 5.56 Å². The minimum Gasteiger partial charge on any atom is -0.369 e. The Morgan fingerprint density at radius 3 is 2.77 bits per heavy atom. The smallest absolute Gasteiger partial charge is 0.252 e. The van der Waals surface area contributed by atoms with Crippen molar-refractivity contribution in [3.8, 4) is 0 Å². The van der Waals surface area contributed by atoms with Crippen LogP contribution in [-0.2, 0) is 13.1 Å². The summed E-state index contributed by atoms with van der Waals surface area (Å²) in [6.07, 6.45) is 1.55. The lowest BCUT2D eigenvalue weighted by Gasteiger charge is -2.06. The summed E-state index contributed by atoms with van der Waals surface area (Å²) >= 11 is 1.57. The number of nitrogen functional groups attached to an aromatic ring is 1. The van der Waals surface area contributed by atoms with Crippen molar-refractivity contribution in [1.82, 2.24) is 34.6 Å². The van der Waals surface area contributed by atoms with E-state index >= 15 is 0 Å². The lowest BCUT2D eigenvalue weighted by atomic mass is 10.2. The fourth-order valence-corrected chi connectivity index (χ4v) is 3.61. The molecule has 26 heavy (non-hydrogen) atoms. The summed E-state index contributed by atoms with van der Waals surface area (Å²) in [6.45, 7) is 7.98. The molecule has 3 heterocycles. The largest absolute Gasteiger partial charge is 0.369 e. The minimum absolute atomic E-state index is 0.183. The topological polar surface area (TPSA) is 117 Å². The highest BCUT2D eigenvalue weighted by Crippen LogP contribution is 2.17. The van der Waals surface area contributed by atoms with E-state index in [0.29, 0.717) is 41.5 Å². The normalized spacial score (nSPS) is 11.2. The molecule has 138 valence electrons. The Bertz CT molecular complexity index is 932. The third-order valence-corrected chi connectivity index (χ3v) is 5.00. The van der Waals surface area contributed by atoms with Crippen molar-refractivity contribution in [1.29, 1.82) is 0 Å². The molecule has 0 bridgehead atoms. The summed E-state index contributed by atoms with van der Waals surface area (Å²) in [4.78, 5) is 20.9. The molecule has 9 nitrogen and oxygen atoms in total. The molecule has 0 fully saturated rings. The Morgan fingerprint density at radius 2 is 2.04 bits per heavy atom. The number of aromatic nitrogens is 6. The Balaban J connectivity index is 1.59. The van der Waals surface area contributed by atoms with Gasteiger partial charge in [0.1, 0.15) is 11.3 Å². The van der Waals surface area contributed by atoms with Crippen LogP contribution in [-0.4, -0.2) is 47.5 Å². The SMILES string of the molecule is CCn1c(C)nnc1SCCNC(=O)c1cnc2c(c1)nc(N)n2CC. The highest BCUT2D eigenvalue weighted by atomic mass is 32.2. The van der Waals surface area contributed by atoms with Crippen LogP contribution in [0.15, 0.2) is 17.4 Å². The number of thioether (sulfide) groups is 1. The molecule has 0 atom stereocenters. The number of nitrogens with one attached hydrogen (secondary N) is 1. The van der Waals surface area contributed by atoms with E-state index in [1.54, 1.807) is 28.6 Å². The third kappa shape index (κ3) is 3.50. The number of hydrogen-bond acceptors (Lipinski definition) is 7. The molecule has 3 aromatic heterocycles. The van der Waals surface area contributed by atoms with Gasteiger partial charge in [-0.15, -0.1) is 10.2 Å². The Labute approximate surface area is 155 Å². The molecule has 0 aliphatic rings. The predicted molar refractivity (Wildman–Crippen MR) is 101 cm³/mol. The van der Waals surface area contributed by atoms with Crippen LogP contribution in [0.25, 0.3) is 11.2 Å². The van der Waals surface area contributed by atoms with E-state index in [-0.39, 0.29) is 5.91 Å². The van der Waals surface area contributed by atoms with E-state index in [2.05, 4.69) is 32.4 Å². The number of aryl methyl sites for hydroxylation is 2. The number of nitrogens with zero attached hydrogens (tertiary/aromatic N) is 6. The van der Waals surface area contributed by atoms with Crippen LogP contribution in [0.5, 0.6) is 0 Å². The fraction of sp³-hybridized carbons (Fsp3) is 0.438. The Kier molecular flexibility index (Phi) is 5.40. The predicted octanol–water partition coefficient (Wildman–Crippen LogP) is 1.48. The summed E-state index contributed by atoms with van der Waals surface area (Å²) in [5, 5.41) is 12.0. The first-order valence-electron chi connectivity index (χ1n) is 8.47. The lowest BCUT2D eigenvalue weighted by Crippen LogP contribution is -2.26. The quantitative estimate of drug-likeness (QED) is 0.475. The molecule has 3 N–H and O–H groups in total. The summed E-state index contributed by atoms with van der Waals surface area (Å²) in [7, 11) is 0. The summed E-state index contributed by atoms with van der Waals surface area (Å²) in [6, 6.07) is 1.71. The first kappa shape index (κ1) is 18.2. The summed E-state index contributed by atoms with van der Waals surface area (Å²) < 4.78 is 3.85. The molecule has 0 radical (unpaired) electrons. The summed E-state index contributed by atoms with van der Waals surface area (Å²) in [5.41, 5.74) is 7.64. The van der Waals surface area contributed by atoms with Crippen LogP contribution < -0.4 is 11.1 Å². The highest BCUT2D eigenvalue weighted by molar-refractivity contribution is 7.99. The molecule has 1 amide bonds. The van der Waals surface area contributed by atoms with Gasteiger partial charge in [-0.1, -0.05) is 11.8 Å². The maximum atomic E-state index is 12.3. The molecule has 10 heteroatoms. The van der Waals surface area contributed by atoms with Gasteiger partial charge >= 0.3 is 0 Å². The van der Waals surface area contributed by atoms with Crippen molar-refractivity contribution < 1.29 is 4.79 Å². The second-order valence-corrected chi connectivity index (χ2v) is 6.72. The van der Waals surface area contributed by atoms with E-state index < -0.39 is 0 Å². The molecule has 3 aromatic rings. The molecular weight excluding hydrogens is 352 g/mol. The van der Waals surface area contributed by atoms with Crippen molar-refractivity contribution in [3.05, 3.63) is 23.7 Å². The number of carbonyl (C=O) groups is 1. The average molecular weight is 374 g/mol. The van der Waals surface area contributed by atoms with Gasteiger partial charge in [-0.3, -0.25) is 9.36 Å². The van der Waals surface area contributed by atoms with Crippen molar-refractivity contribution >= 4 is 34.8 Å². The number of amides is 1. The highest BCUT2D eigenvalue weighted by Gasteiger charge is 2.13. The van der Waals surface area contributed by atoms with Crippen LogP contribution in [0.4, 0.5) is 5.95 Å². The zero-order chi connectivity index (χ0) is 18.7. The molecule has 0 saturated carbocycles. The van der Waals surface area contributed by atoms with Gasteiger partial charge in [0.15, 0.2) is 10.8 Å². The molecule has 0 aromatic carbocycles. The van der Waals surface area contributed by atoms with E-state index in [1.165, 1.54) is 0 Å². The van der Waals surface area contributed by atoms with Crippen molar-refractivity contribution in [3.63, 3.8) is 0 Å². The van der Waals surface area contributed by atoms with E-state index in [1.807, 2.05) is 18.4 Å². The zero-order valence-corrected chi connectivity index (χ0v) is 15.9. The van der Waals surface area contributed by atoms with E-state index in [0.717, 1.165) is 17.5 Å². The number of pyridine rings is 1. The van der Waals surface area contributed by atoms with Crippen LogP contribution >= 0.6 is 11.8 Å². The standard InChI is InChI=1S/C16H22N8OS/c1-4-23-10(3)21-22-16(23)26-7-6-18-14(25)11-8-12-13(19-9-11)24(5-2)15(17)20-12/h8-9H,4-7H2,1-3H3,(H2,17,20)(H,18,25). The van der Waals surface area contributed by atoms with Crippen LogP contribution in [0.3, 0.4) is 0 Å². The molecule has 0 saturated heterocycles. The lowest BCUT2D eigenvalue weighted by molar-refractivity contribution is 0.0956. The van der Waals surface area contributed by atoms with Crippen LogP contribution in [0, 0.1) is 6.92 Å². The molecule has 3 rings (SSSR count). The molecular formula is C16H22N8OS. The maximum absolute atomic E-state index is 12.3. The van der Waals surface area contributed by atoms with E-state index in [4.69, 9.17) is 5.73 Å². The van der Waals surface area contributed by atoms with Gasteiger partial charge in [-0.25, -0.2) is 9.97 Å². The van der Waals surface area contributed by atoms with Gasteiger partial charge in [-0.2, -0.15) is 0 Å². The zero-order valence-electron chi connectivity index (χ0n) is 15.1. The van der Waals surface area contributed by atoms with Gasteiger partial charge in [0, 0.05) is 31.6 Å². The van der Waals surface area contributed by atoms with E-state index in [9.17, 15) is 4.79 Å². The number of hydrogen-bond donors (Lipinski definition) is 2. The number of rotatable bonds is 7. The fourth-order valence-electron chi connectivity index (χ4n) is 2.71. The second kappa shape index (κ2) is 7.73. The molecule has 0 spiro atoms. The van der Waals surface area contributed by atoms with Gasteiger partial charge in [0.2, 0.25) is 5.95 Å². The van der Waals surface area contributed by atoms with Crippen molar-refractivity contribution in [2.45, 2.75) is 39.0 Å². The molecule has 0 unspecified atom stereocenters. The maximum Gasteiger partial charge on any atom is 0.252 e. The number of carbonyl (C=O) groups excluding carboxylic acids is 1. The number of fused-ring (bicyclic) bond motifs is 1.